The van der Waals surface area contributed by atoms with E-state index in [1.54, 1.807) is 19.2 Å². The molecule has 2 aromatic carbocycles. The normalized spacial score (nSPS) is 23.0. The van der Waals surface area contributed by atoms with E-state index in [1.165, 1.54) is 4.90 Å². The molecule has 3 amide bonds. The van der Waals surface area contributed by atoms with Gasteiger partial charge in [0.05, 0.1) is 5.41 Å². The predicted octanol–water partition coefficient (Wildman–Crippen LogP) is 4.49. The molecule has 3 aliphatic rings. The van der Waals surface area contributed by atoms with Crippen molar-refractivity contribution in [2.45, 2.75) is 51.6 Å². The Morgan fingerprint density at radius 3 is 2.46 bits per heavy atom. The Kier molecular flexibility index (Phi) is 5.88. The maximum atomic E-state index is 14.2. The van der Waals surface area contributed by atoms with Crippen LogP contribution in [0.3, 0.4) is 0 Å². The Morgan fingerprint density at radius 1 is 1.05 bits per heavy atom. The first-order chi connectivity index (χ1) is 19.3. The molecule has 1 unspecified atom stereocenters. The second-order valence-corrected chi connectivity index (χ2v) is 12.1. The zero-order chi connectivity index (χ0) is 29.3. The summed E-state index contributed by atoms with van der Waals surface area (Å²) in [6.07, 6.45) is 2.64. The topological polar surface area (TPSA) is 104 Å². The van der Waals surface area contributed by atoms with Crippen molar-refractivity contribution in [1.82, 2.24) is 9.88 Å². The summed E-state index contributed by atoms with van der Waals surface area (Å²) in [6, 6.07) is 12.2. The monoisotopic (exact) mass is 557 g/mol. The summed E-state index contributed by atoms with van der Waals surface area (Å²) < 4.78 is 28.4. The minimum Gasteiger partial charge on any atom is -0.325 e. The van der Waals surface area contributed by atoms with Gasteiger partial charge in [0.1, 0.15) is 29.7 Å². The molecule has 1 aromatic heterocycles. The summed E-state index contributed by atoms with van der Waals surface area (Å²) in [5.74, 6) is -2.09. The van der Waals surface area contributed by atoms with E-state index in [0.29, 0.717) is 24.3 Å². The van der Waals surface area contributed by atoms with Gasteiger partial charge in [-0.25, -0.2) is 13.8 Å². The highest BCUT2D eigenvalue weighted by atomic mass is 19.1. The van der Waals surface area contributed by atoms with Gasteiger partial charge >= 0.3 is 0 Å². The number of anilines is 2. The van der Waals surface area contributed by atoms with E-state index < -0.39 is 39.9 Å². The number of carbonyl (C=O) groups excluding carboxylic acids is 3. The van der Waals surface area contributed by atoms with Gasteiger partial charge in [-0.1, -0.05) is 32.9 Å². The summed E-state index contributed by atoms with van der Waals surface area (Å²) in [6.45, 7) is 6.63. The SMILES string of the molecule is CC(C)(C)C1=N[C@](C)(c2cc(F)cc(F)c2)N(CC(=O)Nc2ccc3c(c2)CC2(C3)C(=O)Nc3ncccc32)C1=O. The van der Waals surface area contributed by atoms with Crippen LogP contribution in [0.25, 0.3) is 0 Å². The largest absolute Gasteiger partial charge is 0.325 e. The number of carbonyl (C=O) groups is 3. The molecule has 8 nitrogen and oxygen atoms in total. The van der Waals surface area contributed by atoms with E-state index in [4.69, 9.17) is 0 Å². The minimum absolute atomic E-state index is 0.0942. The number of pyridine rings is 1. The van der Waals surface area contributed by atoms with Crippen LogP contribution in [0.5, 0.6) is 0 Å². The summed E-state index contributed by atoms with van der Waals surface area (Å²) in [4.78, 5) is 50.0. The number of hydrogen-bond acceptors (Lipinski definition) is 5. The number of halogens is 2. The minimum atomic E-state index is -1.48. The van der Waals surface area contributed by atoms with Crippen molar-refractivity contribution in [3.05, 3.63) is 88.6 Å². The van der Waals surface area contributed by atoms with E-state index in [2.05, 4.69) is 20.6 Å². The average molecular weight is 558 g/mol. The fourth-order valence-electron chi connectivity index (χ4n) is 6.10. The van der Waals surface area contributed by atoms with Crippen LogP contribution in [0.1, 0.15) is 49.9 Å². The van der Waals surface area contributed by atoms with E-state index in [9.17, 15) is 23.2 Å². The molecular formula is C31H29F2N5O3. The number of hydrogen-bond donors (Lipinski definition) is 2. The van der Waals surface area contributed by atoms with Crippen LogP contribution in [0.2, 0.25) is 0 Å². The van der Waals surface area contributed by atoms with E-state index in [-0.39, 0.29) is 23.7 Å². The van der Waals surface area contributed by atoms with Crippen LogP contribution in [0, 0.1) is 17.0 Å². The highest BCUT2D eigenvalue weighted by molar-refractivity contribution is 6.42. The first kappa shape index (κ1) is 26.7. The maximum absolute atomic E-state index is 14.2. The maximum Gasteiger partial charge on any atom is 0.271 e. The molecule has 3 aromatic rings. The molecule has 0 saturated carbocycles. The van der Waals surface area contributed by atoms with Crippen LogP contribution < -0.4 is 10.6 Å². The van der Waals surface area contributed by atoms with Gasteiger partial charge in [-0.2, -0.15) is 0 Å². The van der Waals surface area contributed by atoms with Gasteiger partial charge in [0, 0.05) is 34.5 Å². The Bertz CT molecular complexity index is 1660. The fraction of sp³-hybridized carbons (Fsp3) is 0.323. The van der Waals surface area contributed by atoms with Gasteiger partial charge in [-0.3, -0.25) is 24.3 Å². The molecule has 1 aliphatic carbocycles. The molecule has 3 heterocycles. The van der Waals surface area contributed by atoms with Crippen LogP contribution in [-0.2, 0) is 38.3 Å². The second kappa shape index (κ2) is 9.02. The van der Waals surface area contributed by atoms with Gasteiger partial charge in [0.15, 0.2) is 5.66 Å². The van der Waals surface area contributed by atoms with E-state index in [0.717, 1.165) is 34.9 Å². The van der Waals surface area contributed by atoms with E-state index >= 15 is 0 Å². The molecule has 2 aliphatic heterocycles. The average Bonchev–Trinajstić information content (AvgIpc) is 3.49. The van der Waals surface area contributed by atoms with Crippen LogP contribution in [0.4, 0.5) is 20.3 Å². The smallest absolute Gasteiger partial charge is 0.271 e. The van der Waals surface area contributed by atoms with Crippen LogP contribution >= 0.6 is 0 Å². The molecule has 6 rings (SSSR count). The highest BCUT2D eigenvalue weighted by Gasteiger charge is 2.51. The van der Waals surface area contributed by atoms with Crippen LogP contribution in [0.15, 0.2) is 59.7 Å². The lowest BCUT2D eigenvalue weighted by atomic mass is 9.79. The Balaban J connectivity index is 1.25. The molecule has 210 valence electrons. The van der Waals surface area contributed by atoms with Crippen molar-refractivity contribution in [2.75, 3.05) is 17.2 Å². The lowest BCUT2D eigenvalue weighted by Gasteiger charge is -2.33. The molecule has 41 heavy (non-hydrogen) atoms. The van der Waals surface area contributed by atoms with Gasteiger partial charge < -0.3 is 10.6 Å². The summed E-state index contributed by atoms with van der Waals surface area (Å²) >= 11 is 0. The van der Waals surface area contributed by atoms with Crippen molar-refractivity contribution in [2.24, 2.45) is 10.4 Å². The van der Waals surface area contributed by atoms with Crippen molar-refractivity contribution in [3.8, 4) is 0 Å². The number of rotatable bonds is 4. The number of amides is 3. The number of aliphatic imine (C=N–C) groups is 1. The van der Waals surface area contributed by atoms with Crippen molar-refractivity contribution >= 4 is 34.9 Å². The highest BCUT2D eigenvalue weighted by Crippen LogP contribution is 2.47. The van der Waals surface area contributed by atoms with Crippen molar-refractivity contribution < 1.29 is 23.2 Å². The predicted molar refractivity (Wildman–Crippen MR) is 149 cm³/mol. The molecule has 10 heteroatoms. The number of benzene rings is 2. The summed E-state index contributed by atoms with van der Waals surface area (Å²) in [5.41, 5.74) is 0.777. The van der Waals surface area contributed by atoms with Gasteiger partial charge in [-0.05, 0) is 61.2 Å². The van der Waals surface area contributed by atoms with Crippen molar-refractivity contribution in [3.63, 3.8) is 0 Å². The number of aromatic nitrogens is 1. The quantitative estimate of drug-likeness (QED) is 0.493. The van der Waals surface area contributed by atoms with Gasteiger partial charge in [0.25, 0.3) is 5.91 Å². The molecule has 0 bridgehead atoms. The lowest BCUT2D eigenvalue weighted by Crippen LogP contribution is -2.47. The van der Waals surface area contributed by atoms with Crippen molar-refractivity contribution in [1.29, 1.82) is 0 Å². The van der Waals surface area contributed by atoms with E-state index in [1.807, 2.05) is 45.0 Å². The Morgan fingerprint density at radius 2 is 1.76 bits per heavy atom. The molecule has 2 N–H and O–H groups in total. The molecular weight excluding hydrogens is 528 g/mol. The Labute approximate surface area is 235 Å². The second-order valence-electron chi connectivity index (χ2n) is 12.1. The van der Waals surface area contributed by atoms with Crippen LogP contribution in [-0.4, -0.2) is 39.9 Å². The number of nitrogens with one attached hydrogen (secondary N) is 2. The lowest BCUT2D eigenvalue weighted by molar-refractivity contribution is -0.133. The number of nitrogens with zero attached hydrogens (tertiary/aromatic N) is 3. The van der Waals surface area contributed by atoms with Gasteiger partial charge in [0.2, 0.25) is 11.8 Å². The summed E-state index contributed by atoms with van der Waals surface area (Å²) in [7, 11) is 0. The number of fused-ring (bicyclic) bond motifs is 3. The molecule has 1 spiro atoms. The molecule has 2 atom stereocenters. The summed E-state index contributed by atoms with van der Waals surface area (Å²) in [5, 5.41) is 5.73. The fourth-order valence-corrected chi connectivity index (χ4v) is 6.10. The first-order valence-electron chi connectivity index (χ1n) is 13.4. The third-order valence-corrected chi connectivity index (χ3v) is 8.19. The van der Waals surface area contributed by atoms with Gasteiger partial charge in [-0.15, -0.1) is 0 Å². The third-order valence-electron chi connectivity index (χ3n) is 8.19. The molecule has 0 radical (unpaired) electrons. The first-order valence-corrected chi connectivity index (χ1v) is 13.4. The zero-order valence-electron chi connectivity index (χ0n) is 23.1. The molecule has 0 fully saturated rings. The zero-order valence-corrected chi connectivity index (χ0v) is 23.1. The third kappa shape index (κ3) is 4.29. The molecule has 0 saturated heterocycles. The Hall–Kier alpha value is -4.47. The standard InChI is InChI=1S/C31H29F2N5O3/c1-29(2,3)25-27(40)38(30(4,37-25)19-11-20(32)13-21(33)12-19)16-24(39)35-22-8-7-17-14-31(15-18(17)10-22)23-6-5-9-34-26(23)36-28(31)41/h5-13H,14-16H2,1-4H3,(H,35,39)(H,34,36,41)/t30-,31?/m0/s1.